The largest absolute Gasteiger partial charge is 0.384 e. The summed E-state index contributed by atoms with van der Waals surface area (Å²) in [5.74, 6) is 1.05. The summed E-state index contributed by atoms with van der Waals surface area (Å²) in [5.41, 5.74) is 8.89. The molecule has 5 nitrogen and oxygen atoms in total. The Morgan fingerprint density at radius 2 is 1.88 bits per heavy atom. The summed E-state index contributed by atoms with van der Waals surface area (Å²) in [4.78, 5) is 29.7. The first-order valence-corrected chi connectivity index (χ1v) is 11.9. The summed E-state index contributed by atoms with van der Waals surface area (Å²) in [6, 6.07) is 18.3. The van der Waals surface area contributed by atoms with Crippen LogP contribution in [0.25, 0.3) is 10.8 Å². The quantitative estimate of drug-likeness (QED) is 0.524. The first kappa shape index (κ1) is 23.0. The van der Waals surface area contributed by atoms with Crippen LogP contribution >= 0.6 is 0 Å². The molecular formula is C28H33N3O2. The topological polar surface area (TPSA) is 85.1 Å². The molecule has 0 spiro atoms. The number of carbonyl (C=O) groups is 2. The second-order valence-electron chi connectivity index (χ2n) is 9.44. The normalized spacial score (nSPS) is 18.8. The van der Waals surface area contributed by atoms with Crippen molar-refractivity contribution < 1.29 is 9.59 Å². The molecule has 1 aromatic heterocycles. The van der Waals surface area contributed by atoms with Crippen molar-refractivity contribution in [3.8, 4) is 0 Å². The van der Waals surface area contributed by atoms with Gasteiger partial charge in [0, 0.05) is 18.0 Å². The molecule has 1 saturated carbocycles. The van der Waals surface area contributed by atoms with Crippen LogP contribution in [0.5, 0.6) is 0 Å². The molecule has 172 valence electrons. The van der Waals surface area contributed by atoms with Crippen LogP contribution in [0, 0.1) is 18.8 Å². The SMILES string of the molecule is Cc1nc(N)ccc1CCC(=O)[C@H](C)NC(=O)[C@@H]1CC[C@@H](Cc2ccc3ccccc3c2)C1. The maximum absolute atomic E-state index is 12.8. The number of carbonyl (C=O) groups excluding carboxylic acids is 2. The Balaban J connectivity index is 1.25. The molecule has 3 aromatic rings. The van der Waals surface area contributed by atoms with Crippen LogP contribution in [0.1, 0.15) is 49.4 Å². The molecule has 0 aliphatic heterocycles. The first-order valence-electron chi connectivity index (χ1n) is 11.9. The van der Waals surface area contributed by atoms with E-state index in [2.05, 4.69) is 52.8 Å². The molecule has 3 atom stereocenters. The summed E-state index contributed by atoms with van der Waals surface area (Å²) in [6.07, 6.45) is 4.81. The molecule has 1 aliphatic rings. The number of anilines is 1. The Bertz CT molecular complexity index is 1160. The van der Waals surface area contributed by atoms with Gasteiger partial charge in [0.1, 0.15) is 5.82 Å². The lowest BCUT2D eigenvalue weighted by Gasteiger charge is -2.17. The van der Waals surface area contributed by atoms with E-state index < -0.39 is 6.04 Å². The number of benzene rings is 2. The highest BCUT2D eigenvalue weighted by atomic mass is 16.2. The highest BCUT2D eigenvalue weighted by Crippen LogP contribution is 2.34. The van der Waals surface area contributed by atoms with Gasteiger partial charge >= 0.3 is 0 Å². The lowest BCUT2D eigenvalue weighted by molar-refractivity contribution is -0.129. The van der Waals surface area contributed by atoms with Crippen LogP contribution in [-0.2, 0) is 22.4 Å². The fourth-order valence-electron chi connectivity index (χ4n) is 4.96. The zero-order valence-electron chi connectivity index (χ0n) is 19.5. The molecule has 1 heterocycles. The van der Waals surface area contributed by atoms with E-state index in [-0.39, 0.29) is 17.6 Å². The number of amides is 1. The second-order valence-corrected chi connectivity index (χ2v) is 9.44. The fourth-order valence-corrected chi connectivity index (χ4v) is 4.96. The zero-order valence-corrected chi connectivity index (χ0v) is 19.5. The number of aromatic nitrogens is 1. The average molecular weight is 444 g/mol. The third kappa shape index (κ3) is 5.78. The van der Waals surface area contributed by atoms with Gasteiger partial charge in [-0.2, -0.15) is 0 Å². The summed E-state index contributed by atoms with van der Waals surface area (Å²) >= 11 is 0. The molecule has 4 rings (SSSR count). The predicted octanol–water partition coefficient (Wildman–Crippen LogP) is 4.79. The van der Waals surface area contributed by atoms with Gasteiger partial charge in [-0.15, -0.1) is 0 Å². The smallest absolute Gasteiger partial charge is 0.223 e. The van der Waals surface area contributed by atoms with Crippen LogP contribution in [-0.4, -0.2) is 22.7 Å². The van der Waals surface area contributed by atoms with Gasteiger partial charge in [0.05, 0.1) is 6.04 Å². The number of nitrogens with two attached hydrogens (primary N) is 1. The first-order chi connectivity index (χ1) is 15.9. The minimum Gasteiger partial charge on any atom is -0.384 e. The highest BCUT2D eigenvalue weighted by Gasteiger charge is 2.31. The van der Waals surface area contributed by atoms with Gasteiger partial charge in [0.25, 0.3) is 0 Å². The van der Waals surface area contributed by atoms with Crippen LogP contribution in [0.3, 0.4) is 0 Å². The number of pyridine rings is 1. The Hall–Kier alpha value is -3.21. The van der Waals surface area contributed by atoms with E-state index in [4.69, 9.17) is 5.73 Å². The van der Waals surface area contributed by atoms with Crippen molar-refractivity contribution >= 4 is 28.3 Å². The molecule has 0 unspecified atom stereocenters. The molecule has 3 N–H and O–H groups in total. The van der Waals surface area contributed by atoms with Gasteiger partial charge in [-0.3, -0.25) is 9.59 Å². The van der Waals surface area contributed by atoms with Crippen LogP contribution in [0.15, 0.2) is 54.6 Å². The summed E-state index contributed by atoms with van der Waals surface area (Å²) in [7, 11) is 0. The molecule has 1 fully saturated rings. The highest BCUT2D eigenvalue weighted by molar-refractivity contribution is 5.89. The molecular weight excluding hydrogens is 410 g/mol. The molecule has 0 saturated heterocycles. The van der Waals surface area contributed by atoms with E-state index in [1.54, 1.807) is 13.0 Å². The predicted molar refractivity (Wildman–Crippen MR) is 133 cm³/mol. The number of ketones is 1. The van der Waals surface area contributed by atoms with Crippen molar-refractivity contribution in [2.24, 2.45) is 11.8 Å². The van der Waals surface area contributed by atoms with Crippen LogP contribution < -0.4 is 11.1 Å². The molecule has 0 radical (unpaired) electrons. The van der Waals surface area contributed by atoms with E-state index in [1.165, 1.54) is 16.3 Å². The van der Waals surface area contributed by atoms with E-state index in [9.17, 15) is 9.59 Å². The Kier molecular flexibility index (Phi) is 7.07. The number of rotatable bonds is 8. The van der Waals surface area contributed by atoms with Gasteiger partial charge in [-0.25, -0.2) is 4.98 Å². The minimum absolute atomic E-state index is 0.00532. The zero-order chi connectivity index (χ0) is 23.4. The van der Waals surface area contributed by atoms with Crippen molar-refractivity contribution in [1.82, 2.24) is 10.3 Å². The number of fused-ring (bicyclic) bond motifs is 1. The van der Waals surface area contributed by atoms with Crippen molar-refractivity contribution in [2.75, 3.05) is 5.73 Å². The third-order valence-electron chi connectivity index (χ3n) is 6.95. The Labute approximate surface area is 195 Å². The average Bonchev–Trinajstić information content (AvgIpc) is 3.27. The van der Waals surface area contributed by atoms with Crippen molar-refractivity contribution in [2.45, 2.75) is 58.4 Å². The fraction of sp³-hybridized carbons (Fsp3) is 0.393. The lowest BCUT2D eigenvalue weighted by Crippen LogP contribution is -2.41. The molecule has 5 heteroatoms. The van der Waals surface area contributed by atoms with E-state index in [1.807, 2.05) is 13.0 Å². The van der Waals surface area contributed by atoms with Crippen molar-refractivity contribution in [3.63, 3.8) is 0 Å². The summed E-state index contributed by atoms with van der Waals surface area (Å²) < 4.78 is 0. The number of hydrogen-bond acceptors (Lipinski definition) is 4. The number of nitrogens with one attached hydrogen (secondary N) is 1. The number of Topliss-reactive ketones (excluding diaryl/α,β-unsaturated/α-hetero) is 1. The summed E-state index contributed by atoms with van der Waals surface area (Å²) in [6.45, 7) is 3.69. The van der Waals surface area contributed by atoms with Gasteiger partial charge in [-0.05, 0) is 79.8 Å². The number of nitrogens with zero attached hydrogens (tertiary/aromatic N) is 1. The van der Waals surface area contributed by atoms with Gasteiger partial charge in [0.2, 0.25) is 5.91 Å². The maximum Gasteiger partial charge on any atom is 0.223 e. The third-order valence-corrected chi connectivity index (χ3v) is 6.95. The van der Waals surface area contributed by atoms with E-state index in [0.717, 1.165) is 36.9 Å². The van der Waals surface area contributed by atoms with E-state index in [0.29, 0.717) is 24.6 Å². The second kappa shape index (κ2) is 10.2. The number of nitrogen functional groups attached to an aromatic ring is 1. The van der Waals surface area contributed by atoms with E-state index >= 15 is 0 Å². The molecule has 1 aliphatic carbocycles. The maximum atomic E-state index is 12.8. The molecule has 1 amide bonds. The van der Waals surface area contributed by atoms with Crippen molar-refractivity contribution in [1.29, 1.82) is 0 Å². The molecule has 0 bridgehead atoms. The van der Waals surface area contributed by atoms with Crippen LogP contribution in [0.4, 0.5) is 5.82 Å². The minimum atomic E-state index is -0.473. The van der Waals surface area contributed by atoms with Crippen molar-refractivity contribution in [3.05, 3.63) is 71.4 Å². The lowest BCUT2D eigenvalue weighted by atomic mass is 9.95. The molecule has 2 aromatic carbocycles. The Morgan fingerprint density at radius 1 is 1.09 bits per heavy atom. The molecule has 33 heavy (non-hydrogen) atoms. The monoisotopic (exact) mass is 443 g/mol. The van der Waals surface area contributed by atoms with Gasteiger partial charge in [-0.1, -0.05) is 48.5 Å². The van der Waals surface area contributed by atoms with Gasteiger partial charge in [0.15, 0.2) is 5.78 Å². The number of aryl methyl sites for hydroxylation is 2. The standard InChI is InChI=1S/C28H33N3O2/c1-18-22(12-14-27(29)30-18)11-13-26(32)19(2)31-28(33)25-10-8-21(17-25)15-20-7-9-23-5-3-4-6-24(23)16-20/h3-7,9,12,14,16,19,21,25H,8,10-11,13,15,17H2,1-2H3,(H2,29,30)(H,31,33)/t19-,21-,25+/m0/s1. The summed E-state index contributed by atoms with van der Waals surface area (Å²) in [5, 5.41) is 5.49. The van der Waals surface area contributed by atoms with Gasteiger partial charge < -0.3 is 11.1 Å². The van der Waals surface area contributed by atoms with Crippen LogP contribution in [0.2, 0.25) is 0 Å². The Morgan fingerprint density at radius 3 is 2.67 bits per heavy atom. The number of hydrogen-bond donors (Lipinski definition) is 2.